The second-order valence-electron chi connectivity index (χ2n) is 11.2. The number of nitrogens with one attached hydrogen (secondary N) is 2. The lowest BCUT2D eigenvalue weighted by Crippen LogP contribution is -2.27. The van der Waals surface area contributed by atoms with Gasteiger partial charge < -0.3 is 20.1 Å². The molecule has 2 aromatic heterocycles. The molecule has 6 aromatic rings. The fraction of sp³-hybridized carbons (Fsp3) is 0.189. The molecule has 260 valence electrons. The number of rotatable bonds is 14. The highest BCUT2D eigenvalue weighted by Gasteiger charge is 2.17. The Kier molecular flexibility index (Phi) is 11.3. The number of nitrogens with zero attached hydrogens (tertiary/aromatic N) is 4. The van der Waals surface area contributed by atoms with E-state index in [1.54, 1.807) is 84.9 Å². The van der Waals surface area contributed by atoms with Crippen LogP contribution in [-0.4, -0.2) is 56.6 Å². The van der Waals surface area contributed by atoms with Crippen molar-refractivity contribution in [2.75, 3.05) is 36.4 Å². The average Bonchev–Trinajstić information content (AvgIpc) is 3.15. The zero-order valence-electron chi connectivity index (χ0n) is 27.8. The van der Waals surface area contributed by atoms with Crippen molar-refractivity contribution in [3.05, 3.63) is 118 Å². The van der Waals surface area contributed by atoms with Gasteiger partial charge in [-0.3, -0.25) is 28.3 Å². The maximum Gasteiger partial charge on any atom is 0.262 e. The van der Waals surface area contributed by atoms with Crippen molar-refractivity contribution in [2.24, 2.45) is 0 Å². The Morgan fingerprint density at radius 2 is 1.00 bits per heavy atom. The Morgan fingerprint density at radius 1 is 0.608 bits per heavy atom. The standard InChI is InChI=1S/C37H34N6O6S2/c1-48-30-18-9-7-16-28(30)38-32(44)22-50-36-40-26-14-5-3-12-24(26)34(46)42(36)20-11-21-43-35(47)25-13-4-6-15-27(25)41-37(43)51-23-33(45)39-29-17-8-10-19-31(29)49-2/h3-10,12-19H,11,20-23H2,1-2H3,(H,38,44)(H,39,45). The number of thioether (sulfide) groups is 2. The van der Waals surface area contributed by atoms with E-state index in [0.29, 0.717) is 61.4 Å². The van der Waals surface area contributed by atoms with E-state index in [0.717, 1.165) is 23.5 Å². The highest BCUT2D eigenvalue weighted by Crippen LogP contribution is 2.26. The van der Waals surface area contributed by atoms with Gasteiger partial charge in [0.15, 0.2) is 10.3 Å². The van der Waals surface area contributed by atoms with Gasteiger partial charge in [-0.1, -0.05) is 72.1 Å². The van der Waals surface area contributed by atoms with Gasteiger partial charge in [-0.2, -0.15) is 0 Å². The summed E-state index contributed by atoms with van der Waals surface area (Å²) in [6.45, 7) is 0.426. The molecule has 0 saturated carbocycles. The number of anilines is 2. The minimum atomic E-state index is -0.288. The summed E-state index contributed by atoms with van der Waals surface area (Å²) in [6, 6.07) is 28.3. The van der Waals surface area contributed by atoms with Crippen molar-refractivity contribution in [3.8, 4) is 11.5 Å². The Morgan fingerprint density at radius 3 is 1.43 bits per heavy atom. The summed E-state index contributed by atoms with van der Waals surface area (Å²) >= 11 is 2.29. The monoisotopic (exact) mass is 722 g/mol. The molecule has 51 heavy (non-hydrogen) atoms. The van der Waals surface area contributed by atoms with Crippen molar-refractivity contribution in [1.29, 1.82) is 0 Å². The summed E-state index contributed by atoms with van der Waals surface area (Å²) in [5.41, 5.74) is 1.61. The molecule has 2 amide bonds. The molecule has 2 N–H and O–H groups in total. The second-order valence-corrected chi connectivity index (χ2v) is 13.0. The van der Waals surface area contributed by atoms with Crippen LogP contribution >= 0.6 is 23.5 Å². The Hall–Kier alpha value is -5.60. The molecule has 2 heterocycles. The summed E-state index contributed by atoms with van der Waals surface area (Å²) in [7, 11) is 3.06. The lowest BCUT2D eigenvalue weighted by molar-refractivity contribution is -0.114. The molecule has 4 aromatic carbocycles. The van der Waals surface area contributed by atoms with Crippen LogP contribution in [0.1, 0.15) is 6.42 Å². The van der Waals surface area contributed by atoms with E-state index in [9.17, 15) is 19.2 Å². The molecule has 0 bridgehead atoms. The molecule has 12 nitrogen and oxygen atoms in total. The van der Waals surface area contributed by atoms with Crippen LogP contribution in [0.4, 0.5) is 11.4 Å². The van der Waals surface area contributed by atoms with Gasteiger partial charge in [0.25, 0.3) is 11.1 Å². The van der Waals surface area contributed by atoms with E-state index in [1.807, 2.05) is 12.1 Å². The van der Waals surface area contributed by atoms with Gasteiger partial charge in [0.1, 0.15) is 11.5 Å². The fourth-order valence-electron chi connectivity index (χ4n) is 5.43. The van der Waals surface area contributed by atoms with E-state index < -0.39 is 0 Å². The lowest BCUT2D eigenvalue weighted by Gasteiger charge is -2.16. The Bertz CT molecular complexity index is 2180. The van der Waals surface area contributed by atoms with Gasteiger partial charge in [0, 0.05) is 13.1 Å². The molecule has 0 aliphatic carbocycles. The van der Waals surface area contributed by atoms with Gasteiger partial charge in [-0.15, -0.1) is 0 Å². The predicted molar refractivity (Wildman–Crippen MR) is 201 cm³/mol. The SMILES string of the molecule is COc1ccccc1NC(=O)CSc1nc2ccccc2c(=O)n1CCCn1c(SCC(=O)Nc2ccccc2OC)nc2ccccc2c1=O. The van der Waals surface area contributed by atoms with Gasteiger partial charge >= 0.3 is 0 Å². The summed E-state index contributed by atoms with van der Waals surface area (Å²) in [5.74, 6) is 0.477. The lowest BCUT2D eigenvalue weighted by atomic mass is 10.2. The third-order valence-corrected chi connectivity index (χ3v) is 9.80. The smallest absolute Gasteiger partial charge is 0.262 e. The minimum Gasteiger partial charge on any atom is -0.495 e. The van der Waals surface area contributed by atoms with Crippen LogP contribution in [0, 0.1) is 0 Å². The molecular weight excluding hydrogens is 689 g/mol. The van der Waals surface area contributed by atoms with E-state index in [1.165, 1.54) is 23.4 Å². The molecule has 0 fully saturated rings. The molecule has 0 spiro atoms. The molecule has 0 saturated heterocycles. The number of methoxy groups -OCH3 is 2. The topological polar surface area (TPSA) is 146 Å². The van der Waals surface area contributed by atoms with Gasteiger partial charge in [-0.25, -0.2) is 9.97 Å². The number of hydrogen-bond acceptors (Lipinski definition) is 10. The molecular formula is C37H34N6O6S2. The normalized spacial score (nSPS) is 11.0. The quantitative estimate of drug-likeness (QED) is 0.106. The molecule has 14 heteroatoms. The summed E-state index contributed by atoms with van der Waals surface area (Å²) in [6.07, 6.45) is 0.363. The molecule has 0 radical (unpaired) electrons. The van der Waals surface area contributed by atoms with E-state index in [-0.39, 0.29) is 47.5 Å². The molecule has 0 aliphatic heterocycles. The molecule has 0 atom stereocenters. The summed E-state index contributed by atoms with van der Waals surface area (Å²) in [5, 5.41) is 7.35. The highest BCUT2D eigenvalue weighted by atomic mass is 32.2. The molecule has 0 unspecified atom stereocenters. The number of benzene rings is 4. The first-order valence-corrected chi connectivity index (χ1v) is 17.9. The largest absolute Gasteiger partial charge is 0.495 e. The van der Waals surface area contributed by atoms with Crippen LogP contribution in [0.2, 0.25) is 0 Å². The minimum absolute atomic E-state index is 0.00537. The maximum absolute atomic E-state index is 13.7. The number of para-hydroxylation sites is 6. The fourth-order valence-corrected chi connectivity index (χ4v) is 7.08. The van der Waals surface area contributed by atoms with Crippen molar-refractivity contribution < 1.29 is 19.1 Å². The van der Waals surface area contributed by atoms with E-state index in [4.69, 9.17) is 19.4 Å². The van der Waals surface area contributed by atoms with Crippen molar-refractivity contribution in [3.63, 3.8) is 0 Å². The van der Waals surface area contributed by atoms with E-state index >= 15 is 0 Å². The summed E-state index contributed by atoms with van der Waals surface area (Å²) < 4.78 is 13.8. The van der Waals surface area contributed by atoms with Crippen molar-refractivity contribution in [2.45, 2.75) is 29.8 Å². The van der Waals surface area contributed by atoms with E-state index in [2.05, 4.69) is 10.6 Å². The molecule has 6 rings (SSSR count). The third-order valence-electron chi connectivity index (χ3n) is 7.84. The number of carbonyl (C=O) groups excluding carboxylic acids is 2. The van der Waals surface area contributed by atoms with Crippen LogP contribution in [0.3, 0.4) is 0 Å². The average molecular weight is 723 g/mol. The predicted octanol–water partition coefficient (Wildman–Crippen LogP) is 5.68. The van der Waals surface area contributed by atoms with Crippen LogP contribution in [-0.2, 0) is 22.7 Å². The first-order valence-electron chi connectivity index (χ1n) is 16.0. The van der Waals surface area contributed by atoms with Crippen LogP contribution in [0.5, 0.6) is 11.5 Å². The molecule has 0 aliphatic rings. The first kappa shape index (κ1) is 35.2. The highest BCUT2D eigenvalue weighted by molar-refractivity contribution is 8.00. The zero-order chi connectivity index (χ0) is 35.7. The zero-order valence-corrected chi connectivity index (χ0v) is 29.5. The summed E-state index contributed by atoms with van der Waals surface area (Å²) in [4.78, 5) is 62.9. The Labute approximate surface area is 301 Å². The number of carbonyl (C=O) groups is 2. The number of fused-ring (bicyclic) bond motifs is 2. The van der Waals surface area contributed by atoms with Gasteiger partial charge in [-0.05, 0) is 55.0 Å². The third kappa shape index (κ3) is 8.24. The number of ether oxygens (including phenoxy) is 2. The van der Waals surface area contributed by atoms with Crippen LogP contribution < -0.4 is 31.2 Å². The maximum atomic E-state index is 13.7. The van der Waals surface area contributed by atoms with Crippen molar-refractivity contribution >= 4 is 68.5 Å². The second kappa shape index (κ2) is 16.4. The van der Waals surface area contributed by atoms with Crippen LogP contribution in [0.15, 0.2) is 117 Å². The first-order chi connectivity index (χ1) is 24.9. The van der Waals surface area contributed by atoms with Gasteiger partial charge in [0.05, 0.1) is 58.9 Å². The van der Waals surface area contributed by atoms with Crippen LogP contribution in [0.25, 0.3) is 21.8 Å². The Balaban J connectivity index is 1.22. The number of amides is 2. The van der Waals surface area contributed by atoms with Crippen molar-refractivity contribution in [1.82, 2.24) is 19.1 Å². The van der Waals surface area contributed by atoms with Gasteiger partial charge in [0.2, 0.25) is 11.8 Å². The number of aromatic nitrogens is 4. The number of hydrogen-bond donors (Lipinski definition) is 2.